The van der Waals surface area contributed by atoms with Crippen LogP contribution in [0.5, 0.6) is 11.5 Å². The molecule has 0 bridgehead atoms. The van der Waals surface area contributed by atoms with E-state index in [4.69, 9.17) is 9.47 Å². The van der Waals surface area contributed by atoms with Gasteiger partial charge in [-0.25, -0.2) is 0 Å². The average Bonchev–Trinajstić information content (AvgIpc) is 3.01. The molecule has 108 valence electrons. The predicted molar refractivity (Wildman–Crippen MR) is 81.7 cm³/mol. The Morgan fingerprint density at radius 1 is 1.14 bits per heavy atom. The van der Waals surface area contributed by atoms with Gasteiger partial charge in [-0.1, -0.05) is 29.8 Å². The van der Waals surface area contributed by atoms with Crippen molar-refractivity contribution in [1.82, 2.24) is 0 Å². The van der Waals surface area contributed by atoms with Gasteiger partial charge in [-0.05, 0) is 36.8 Å². The Kier molecular flexibility index (Phi) is 3.63. The van der Waals surface area contributed by atoms with Crippen molar-refractivity contribution in [3.05, 3.63) is 64.7 Å². The summed E-state index contributed by atoms with van der Waals surface area (Å²) in [6.07, 6.45) is 1.59. The molecule has 0 radical (unpaired) electrons. The van der Waals surface area contributed by atoms with Crippen LogP contribution in [0, 0.1) is 18.3 Å². The van der Waals surface area contributed by atoms with E-state index in [9.17, 15) is 10.1 Å². The van der Waals surface area contributed by atoms with Gasteiger partial charge in [0.1, 0.15) is 11.6 Å². The molecule has 0 saturated heterocycles. The monoisotopic (exact) mass is 291 g/mol. The second kappa shape index (κ2) is 5.74. The number of nitriles is 1. The molecule has 0 aromatic heterocycles. The van der Waals surface area contributed by atoms with Gasteiger partial charge in [0.15, 0.2) is 11.5 Å². The lowest BCUT2D eigenvalue weighted by molar-refractivity contribution is 0.103. The first kappa shape index (κ1) is 13.9. The number of ether oxygens (including phenoxy) is 2. The van der Waals surface area contributed by atoms with Gasteiger partial charge in [0.2, 0.25) is 12.6 Å². The zero-order valence-corrected chi connectivity index (χ0v) is 12.0. The van der Waals surface area contributed by atoms with Crippen LogP contribution >= 0.6 is 0 Å². The highest BCUT2D eigenvalue weighted by Crippen LogP contribution is 2.33. The van der Waals surface area contributed by atoms with Crippen LogP contribution in [0.4, 0.5) is 0 Å². The number of benzene rings is 2. The molecule has 0 saturated carbocycles. The van der Waals surface area contributed by atoms with Crippen molar-refractivity contribution in [3.63, 3.8) is 0 Å². The van der Waals surface area contributed by atoms with Crippen LogP contribution in [0.1, 0.15) is 21.5 Å². The number of Topliss-reactive ketones (excluding diaryl/α,β-unsaturated/α-hetero) is 1. The van der Waals surface area contributed by atoms with E-state index in [1.807, 2.05) is 37.3 Å². The highest BCUT2D eigenvalue weighted by molar-refractivity contribution is 6.14. The first-order valence-corrected chi connectivity index (χ1v) is 6.80. The van der Waals surface area contributed by atoms with E-state index in [1.54, 1.807) is 24.3 Å². The molecule has 0 spiro atoms. The normalized spacial score (nSPS) is 12.8. The van der Waals surface area contributed by atoms with Crippen LogP contribution in [0.15, 0.2) is 48.0 Å². The number of nitrogens with zero attached hydrogens (tertiary/aromatic N) is 1. The summed E-state index contributed by atoms with van der Waals surface area (Å²) < 4.78 is 10.5. The molecular formula is C18H13NO3. The molecule has 0 atom stereocenters. The van der Waals surface area contributed by atoms with Crippen LogP contribution in [0.25, 0.3) is 6.08 Å². The maximum Gasteiger partial charge on any atom is 0.231 e. The van der Waals surface area contributed by atoms with Gasteiger partial charge in [-0.3, -0.25) is 4.79 Å². The summed E-state index contributed by atoms with van der Waals surface area (Å²) in [7, 11) is 0. The molecule has 0 unspecified atom stereocenters. The third-order valence-electron chi connectivity index (χ3n) is 3.39. The van der Waals surface area contributed by atoms with Crippen LogP contribution in [0.2, 0.25) is 0 Å². The Morgan fingerprint density at radius 3 is 2.59 bits per heavy atom. The molecule has 1 aliphatic rings. The Morgan fingerprint density at radius 2 is 1.86 bits per heavy atom. The van der Waals surface area contributed by atoms with Gasteiger partial charge in [0, 0.05) is 5.56 Å². The third-order valence-corrected chi connectivity index (χ3v) is 3.39. The quantitative estimate of drug-likeness (QED) is 0.493. The minimum absolute atomic E-state index is 0.0859. The van der Waals surface area contributed by atoms with Crippen LogP contribution in [0.3, 0.4) is 0 Å². The summed E-state index contributed by atoms with van der Waals surface area (Å²) in [6, 6.07) is 14.5. The van der Waals surface area contributed by atoms with Crippen molar-refractivity contribution in [2.45, 2.75) is 6.92 Å². The fourth-order valence-electron chi connectivity index (χ4n) is 2.17. The van der Waals surface area contributed by atoms with Crippen LogP contribution < -0.4 is 9.47 Å². The SMILES string of the molecule is Cc1ccc(C=C(C#N)C(=O)c2ccc3c(c2)OCO3)cc1. The summed E-state index contributed by atoms with van der Waals surface area (Å²) in [6.45, 7) is 2.13. The number of hydrogen-bond acceptors (Lipinski definition) is 4. The number of rotatable bonds is 3. The molecule has 0 amide bonds. The smallest absolute Gasteiger partial charge is 0.231 e. The molecule has 0 N–H and O–H groups in total. The van der Waals surface area contributed by atoms with Gasteiger partial charge < -0.3 is 9.47 Å². The number of allylic oxidation sites excluding steroid dienone is 1. The Labute approximate surface area is 128 Å². The summed E-state index contributed by atoms with van der Waals surface area (Å²) in [4.78, 5) is 12.5. The lowest BCUT2D eigenvalue weighted by atomic mass is 10.0. The summed E-state index contributed by atoms with van der Waals surface area (Å²) >= 11 is 0. The second-order valence-electron chi connectivity index (χ2n) is 4.98. The number of fused-ring (bicyclic) bond motifs is 1. The molecule has 4 nitrogen and oxygen atoms in total. The van der Waals surface area contributed by atoms with E-state index in [1.165, 1.54) is 0 Å². The van der Waals surface area contributed by atoms with Gasteiger partial charge in [-0.2, -0.15) is 5.26 Å². The number of ketones is 1. The van der Waals surface area contributed by atoms with Gasteiger partial charge in [-0.15, -0.1) is 0 Å². The van der Waals surface area contributed by atoms with Gasteiger partial charge in [0.25, 0.3) is 0 Å². The van der Waals surface area contributed by atoms with E-state index >= 15 is 0 Å². The first-order chi connectivity index (χ1) is 10.7. The number of carbonyl (C=O) groups excluding carboxylic acids is 1. The van der Waals surface area contributed by atoms with Crippen LogP contribution in [-0.2, 0) is 0 Å². The van der Waals surface area contributed by atoms with Crippen molar-refractivity contribution in [1.29, 1.82) is 5.26 Å². The maximum absolute atomic E-state index is 12.5. The molecule has 0 aliphatic carbocycles. The fourth-order valence-corrected chi connectivity index (χ4v) is 2.17. The molecule has 3 rings (SSSR count). The number of carbonyl (C=O) groups is 1. The molecular weight excluding hydrogens is 278 g/mol. The first-order valence-electron chi connectivity index (χ1n) is 6.80. The van der Waals surface area contributed by atoms with E-state index in [0.29, 0.717) is 17.1 Å². The largest absolute Gasteiger partial charge is 0.454 e. The lowest BCUT2D eigenvalue weighted by Crippen LogP contribution is -2.02. The zero-order chi connectivity index (χ0) is 15.5. The second-order valence-corrected chi connectivity index (χ2v) is 4.98. The van der Waals surface area contributed by atoms with E-state index in [0.717, 1.165) is 11.1 Å². The van der Waals surface area contributed by atoms with Crippen molar-refractivity contribution < 1.29 is 14.3 Å². The van der Waals surface area contributed by atoms with E-state index < -0.39 is 0 Å². The fraction of sp³-hybridized carbons (Fsp3) is 0.111. The zero-order valence-electron chi connectivity index (χ0n) is 12.0. The highest BCUT2D eigenvalue weighted by Gasteiger charge is 2.18. The van der Waals surface area contributed by atoms with Gasteiger partial charge in [0.05, 0.1) is 0 Å². The minimum Gasteiger partial charge on any atom is -0.454 e. The lowest BCUT2D eigenvalue weighted by Gasteiger charge is -2.02. The van der Waals surface area contributed by atoms with Crippen molar-refractivity contribution >= 4 is 11.9 Å². The molecule has 22 heavy (non-hydrogen) atoms. The van der Waals surface area contributed by atoms with Gasteiger partial charge >= 0.3 is 0 Å². The van der Waals surface area contributed by atoms with E-state index in [2.05, 4.69) is 0 Å². The molecule has 2 aromatic carbocycles. The minimum atomic E-state index is -0.332. The molecule has 1 aliphatic heterocycles. The third kappa shape index (κ3) is 2.70. The van der Waals surface area contributed by atoms with Crippen molar-refractivity contribution in [2.24, 2.45) is 0 Å². The molecule has 1 heterocycles. The summed E-state index contributed by atoms with van der Waals surface area (Å²) in [5.41, 5.74) is 2.43. The number of aryl methyl sites for hydroxylation is 1. The van der Waals surface area contributed by atoms with Crippen molar-refractivity contribution in [3.8, 4) is 17.6 Å². The summed E-state index contributed by atoms with van der Waals surface area (Å²) in [5.74, 6) is 0.803. The van der Waals surface area contributed by atoms with Crippen molar-refractivity contribution in [2.75, 3.05) is 6.79 Å². The predicted octanol–water partition coefficient (Wildman–Crippen LogP) is 3.51. The highest BCUT2D eigenvalue weighted by atomic mass is 16.7. The number of hydrogen-bond donors (Lipinski definition) is 0. The Hall–Kier alpha value is -3.06. The standard InChI is InChI=1S/C18H13NO3/c1-12-2-4-13(5-3-12)8-15(10-19)18(20)14-6-7-16-17(9-14)22-11-21-16/h2-9H,11H2,1H3. The topological polar surface area (TPSA) is 59.3 Å². The Balaban J connectivity index is 1.92. The van der Waals surface area contributed by atoms with Crippen LogP contribution in [-0.4, -0.2) is 12.6 Å². The molecule has 4 heteroatoms. The maximum atomic E-state index is 12.5. The molecule has 2 aromatic rings. The summed E-state index contributed by atoms with van der Waals surface area (Å²) in [5, 5.41) is 9.27. The van der Waals surface area contributed by atoms with E-state index in [-0.39, 0.29) is 18.1 Å². The molecule has 0 fully saturated rings. The Bertz CT molecular complexity index is 798. The average molecular weight is 291 g/mol.